The molecular formula is C37H24N4O. The van der Waals surface area contributed by atoms with Gasteiger partial charge in [0.2, 0.25) is 0 Å². The number of benzene rings is 6. The maximum Gasteiger partial charge on any atom is 0.164 e. The van der Waals surface area contributed by atoms with Crippen molar-refractivity contribution >= 4 is 27.8 Å². The summed E-state index contributed by atoms with van der Waals surface area (Å²) in [6.45, 7) is 0. The van der Waals surface area contributed by atoms with Gasteiger partial charge in [0.25, 0.3) is 0 Å². The van der Waals surface area contributed by atoms with Crippen LogP contribution in [-0.4, -0.2) is 15.0 Å². The highest BCUT2D eigenvalue weighted by Crippen LogP contribution is 2.51. The van der Waals surface area contributed by atoms with Crippen LogP contribution in [0.4, 0.5) is 17.1 Å². The zero-order valence-electron chi connectivity index (χ0n) is 22.6. The van der Waals surface area contributed by atoms with Crippen molar-refractivity contribution in [1.29, 1.82) is 0 Å². The van der Waals surface area contributed by atoms with Gasteiger partial charge in [-0.05, 0) is 35.7 Å². The number of hydrogen-bond donors (Lipinski definition) is 0. The van der Waals surface area contributed by atoms with Crippen LogP contribution >= 0.6 is 0 Å². The Morgan fingerprint density at radius 2 is 0.857 bits per heavy atom. The van der Waals surface area contributed by atoms with E-state index in [2.05, 4.69) is 53.4 Å². The molecule has 0 saturated heterocycles. The summed E-state index contributed by atoms with van der Waals surface area (Å²) in [6, 6.07) is 49.1. The smallest absolute Gasteiger partial charge is 0.164 e. The van der Waals surface area contributed by atoms with E-state index >= 15 is 0 Å². The molecule has 0 aliphatic carbocycles. The molecule has 5 heteroatoms. The number of anilines is 3. The second kappa shape index (κ2) is 9.98. The molecule has 5 nitrogen and oxygen atoms in total. The van der Waals surface area contributed by atoms with Crippen molar-refractivity contribution in [3.8, 4) is 45.7 Å². The van der Waals surface area contributed by atoms with Crippen molar-refractivity contribution in [1.82, 2.24) is 15.0 Å². The van der Waals surface area contributed by atoms with E-state index < -0.39 is 0 Å². The highest BCUT2D eigenvalue weighted by atomic mass is 16.5. The molecule has 0 bridgehead atoms. The van der Waals surface area contributed by atoms with Gasteiger partial charge in [0.1, 0.15) is 0 Å². The molecule has 0 amide bonds. The lowest BCUT2D eigenvalue weighted by Crippen LogP contribution is -2.16. The quantitative estimate of drug-likeness (QED) is 0.222. The van der Waals surface area contributed by atoms with E-state index in [4.69, 9.17) is 19.7 Å². The number of hydrogen-bond acceptors (Lipinski definition) is 5. The van der Waals surface area contributed by atoms with Gasteiger partial charge in [-0.2, -0.15) is 0 Å². The van der Waals surface area contributed by atoms with Crippen LogP contribution in [0.2, 0.25) is 0 Å². The van der Waals surface area contributed by atoms with Gasteiger partial charge >= 0.3 is 0 Å². The third-order valence-corrected chi connectivity index (χ3v) is 7.51. The summed E-state index contributed by atoms with van der Waals surface area (Å²) in [4.78, 5) is 17.2. The van der Waals surface area contributed by atoms with Crippen LogP contribution in [0.1, 0.15) is 0 Å². The predicted octanol–water partition coefficient (Wildman–Crippen LogP) is 9.60. The van der Waals surface area contributed by atoms with Gasteiger partial charge in [0, 0.05) is 22.1 Å². The zero-order valence-corrected chi connectivity index (χ0v) is 22.6. The molecule has 8 rings (SSSR count). The first kappa shape index (κ1) is 24.0. The Morgan fingerprint density at radius 1 is 0.381 bits per heavy atom. The summed E-state index contributed by atoms with van der Waals surface area (Å²) in [7, 11) is 0. The molecular weight excluding hydrogens is 516 g/mol. The lowest BCUT2D eigenvalue weighted by Gasteiger charge is -2.33. The van der Waals surface area contributed by atoms with E-state index in [9.17, 15) is 0 Å². The molecule has 198 valence electrons. The van der Waals surface area contributed by atoms with Gasteiger partial charge in [-0.3, -0.25) is 0 Å². The van der Waals surface area contributed by atoms with Crippen LogP contribution in [0, 0.1) is 0 Å². The first-order valence-electron chi connectivity index (χ1n) is 13.9. The van der Waals surface area contributed by atoms with Crippen LogP contribution in [0.5, 0.6) is 11.5 Å². The van der Waals surface area contributed by atoms with Gasteiger partial charge in [-0.15, -0.1) is 0 Å². The SMILES string of the molecule is c1ccc(-c2nc(-c3ccccc3)nc(-c3cccc4c(N5c6ccccc6Oc6ccccc65)cccc34)n2)cc1. The molecule has 0 unspecified atom stereocenters. The largest absolute Gasteiger partial charge is 0.453 e. The topological polar surface area (TPSA) is 51.1 Å². The summed E-state index contributed by atoms with van der Waals surface area (Å²) >= 11 is 0. The highest BCUT2D eigenvalue weighted by Gasteiger charge is 2.26. The summed E-state index contributed by atoms with van der Waals surface area (Å²) in [6.07, 6.45) is 0. The number of rotatable bonds is 4. The van der Waals surface area contributed by atoms with E-state index in [0.717, 1.165) is 56.0 Å². The minimum absolute atomic E-state index is 0.633. The minimum Gasteiger partial charge on any atom is -0.453 e. The number of ether oxygens (including phenoxy) is 1. The molecule has 0 fully saturated rings. The summed E-state index contributed by atoms with van der Waals surface area (Å²) in [5, 5.41) is 2.14. The molecule has 7 aromatic rings. The Labute approximate surface area is 243 Å². The molecule has 0 radical (unpaired) electrons. The third-order valence-electron chi connectivity index (χ3n) is 7.51. The highest BCUT2D eigenvalue weighted by molar-refractivity contribution is 6.06. The molecule has 6 aromatic carbocycles. The fourth-order valence-electron chi connectivity index (χ4n) is 5.58. The summed E-state index contributed by atoms with van der Waals surface area (Å²) in [5.41, 5.74) is 5.87. The first-order chi connectivity index (χ1) is 20.8. The Morgan fingerprint density at radius 3 is 1.48 bits per heavy atom. The van der Waals surface area contributed by atoms with Crippen molar-refractivity contribution in [3.05, 3.63) is 146 Å². The van der Waals surface area contributed by atoms with Crippen molar-refractivity contribution in [2.24, 2.45) is 0 Å². The second-order valence-corrected chi connectivity index (χ2v) is 10.1. The summed E-state index contributed by atoms with van der Waals surface area (Å²) in [5.74, 6) is 3.56. The Balaban J connectivity index is 1.35. The van der Waals surface area contributed by atoms with Crippen LogP contribution in [0.15, 0.2) is 146 Å². The van der Waals surface area contributed by atoms with Gasteiger partial charge < -0.3 is 9.64 Å². The normalized spacial score (nSPS) is 12.0. The molecule has 42 heavy (non-hydrogen) atoms. The molecule has 1 aromatic heterocycles. The van der Waals surface area contributed by atoms with E-state index in [1.807, 2.05) is 97.1 Å². The lowest BCUT2D eigenvalue weighted by molar-refractivity contribution is 0.477. The minimum atomic E-state index is 0.633. The first-order valence-corrected chi connectivity index (χ1v) is 13.9. The van der Waals surface area contributed by atoms with E-state index in [-0.39, 0.29) is 0 Å². The predicted molar refractivity (Wildman–Crippen MR) is 168 cm³/mol. The molecule has 0 N–H and O–H groups in total. The second-order valence-electron chi connectivity index (χ2n) is 10.1. The zero-order chi connectivity index (χ0) is 27.9. The lowest BCUT2D eigenvalue weighted by atomic mass is 10.0. The molecule has 2 heterocycles. The van der Waals surface area contributed by atoms with Crippen molar-refractivity contribution < 1.29 is 4.74 Å². The fourth-order valence-corrected chi connectivity index (χ4v) is 5.58. The summed E-state index contributed by atoms with van der Waals surface area (Å²) < 4.78 is 6.28. The van der Waals surface area contributed by atoms with Crippen molar-refractivity contribution in [2.75, 3.05) is 4.90 Å². The average molecular weight is 541 g/mol. The Hall–Kier alpha value is -5.81. The average Bonchev–Trinajstić information content (AvgIpc) is 3.07. The van der Waals surface area contributed by atoms with Crippen LogP contribution in [0.25, 0.3) is 44.9 Å². The monoisotopic (exact) mass is 540 g/mol. The van der Waals surface area contributed by atoms with E-state index in [1.165, 1.54) is 0 Å². The van der Waals surface area contributed by atoms with Crippen LogP contribution < -0.4 is 9.64 Å². The van der Waals surface area contributed by atoms with Crippen LogP contribution in [-0.2, 0) is 0 Å². The van der Waals surface area contributed by atoms with Gasteiger partial charge in [-0.1, -0.05) is 115 Å². The Bertz CT molecular complexity index is 1970. The molecule has 0 saturated carbocycles. The van der Waals surface area contributed by atoms with Crippen LogP contribution in [0.3, 0.4) is 0 Å². The van der Waals surface area contributed by atoms with Gasteiger partial charge in [-0.25, -0.2) is 15.0 Å². The molecule has 0 atom stereocenters. The Kier molecular flexibility index (Phi) is 5.71. The number of fused-ring (bicyclic) bond motifs is 3. The number of aromatic nitrogens is 3. The molecule has 1 aliphatic heterocycles. The third kappa shape index (κ3) is 4.07. The van der Waals surface area contributed by atoms with Gasteiger partial charge in [0.15, 0.2) is 29.0 Å². The number of nitrogens with zero attached hydrogens (tertiary/aromatic N) is 4. The van der Waals surface area contributed by atoms with E-state index in [1.54, 1.807) is 0 Å². The van der Waals surface area contributed by atoms with Crippen molar-refractivity contribution in [3.63, 3.8) is 0 Å². The van der Waals surface area contributed by atoms with Gasteiger partial charge in [0.05, 0.1) is 17.1 Å². The maximum atomic E-state index is 6.28. The molecule has 0 spiro atoms. The standard InChI is InChI=1S/C37H24N4O/c1-3-13-25(14-4-1)35-38-36(26-15-5-2-6-16-26)40-37(39-35)29-19-11-18-28-27(29)17-12-22-30(28)41-31-20-7-9-23-33(31)42-34-24-10-8-21-32(34)41/h1-24H. The van der Waals surface area contributed by atoms with E-state index in [0.29, 0.717) is 17.5 Å². The maximum absolute atomic E-state index is 6.28. The van der Waals surface area contributed by atoms with Crippen molar-refractivity contribution in [2.45, 2.75) is 0 Å². The fraction of sp³-hybridized carbons (Fsp3) is 0. The molecule has 1 aliphatic rings. The number of para-hydroxylation sites is 4.